The molecular formula is C39H40N4O8. The molecule has 0 spiro atoms. The number of ether oxygens (including phenoxy) is 4. The van der Waals surface area contributed by atoms with E-state index in [4.69, 9.17) is 18.9 Å². The van der Waals surface area contributed by atoms with E-state index < -0.39 is 24.4 Å². The summed E-state index contributed by atoms with van der Waals surface area (Å²) in [6, 6.07) is 29.5. The summed E-state index contributed by atoms with van der Waals surface area (Å²) >= 11 is 0. The lowest BCUT2D eigenvalue weighted by Crippen LogP contribution is -2.29. The number of carbonyl (C=O) groups excluding carboxylic acids is 4. The van der Waals surface area contributed by atoms with E-state index in [1.807, 2.05) is 55.5 Å². The smallest absolute Gasteiger partial charge is 0.411 e. The molecule has 3 atom stereocenters. The van der Waals surface area contributed by atoms with Gasteiger partial charge in [-0.3, -0.25) is 10.6 Å². The maximum absolute atomic E-state index is 12.4. The van der Waals surface area contributed by atoms with Crippen LogP contribution in [0.5, 0.6) is 0 Å². The molecule has 3 unspecified atom stereocenters. The van der Waals surface area contributed by atoms with Gasteiger partial charge in [-0.25, -0.2) is 19.2 Å². The average molecular weight is 693 g/mol. The van der Waals surface area contributed by atoms with Crippen molar-refractivity contribution in [2.75, 3.05) is 30.5 Å². The highest BCUT2D eigenvalue weighted by molar-refractivity contribution is 5.85. The Morgan fingerprint density at radius 3 is 1.29 bits per heavy atom. The van der Waals surface area contributed by atoms with Gasteiger partial charge in [-0.05, 0) is 104 Å². The molecule has 264 valence electrons. The minimum Gasteiger partial charge on any atom is -0.444 e. The van der Waals surface area contributed by atoms with Crippen LogP contribution in [0.1, 0.15) is 43.0 Å². The highest BCUT2D eigenvalue weighted by Crippen LogP contribution is 2.19. The van der Waals surface area contributed by atoms with Crippen LogP contribution in [0.15, 0.2) is 107 Å². The summed E-state index contributed by atoms with van der Waals surface area (Å²) in [6.45, 7) is 5.90. The molecule has 0 heterocycles. The number of carbonyl (C=O) groups is 2. The minimum atomic E-state index is -0.594. The van der Waals surface area contributed by atoms with E-state index in [9.17, 15) is 19.2 Å². The summed E-state index contributed by atoms with van der Waals surface area (Å²) in [5, 5.41) is 5.43. The van der Waals surface area contributed by atoms with Gasteiger partial charge < -0.3 is 18.9 Å². The Labute approximate surface area is 296 Å². The lowest BCUT2D eigenvalue weighted by Gasteiger charge is -2.19. The molecule has 0 aliphatic carbocycles. The topological polar surface area (TPSA) is 154 Å². The first-order valence-corrected chi connectivity index (χ1v) is 16.3. The standard InChI is InChI=1S/C39H40N4O8/c1-27(49-24-29(3)51-39(47)43-37-18-10-33(11-19-37)21-31-6-14-35(15-7-31)41-26-45)22-48-23-28(2)50-38(46)42-36-16-8-32(9-17-36)20-30-4-12-34(13-5-30)40-25-44/h4-19,27-29H,20-24H2,1-3H3,(H,42,46)(H,43,47). The highest BCUT2D eigenvalue weighted by Gasteiger charge is 2.14. The van der Waals surface area contributed by atoms with E-state index in [2.05, 4.69) is 20.6 Å². The number of rotatable bonds is 17. The fourth-order valence-corrected chi connectivity index (χ4v) is 4.84. The Kier molecular flexibility index (Phi) is 14.8. The van der Waals surface area contributed by atoms with Crippen LogP contribution in [0.4, 0.5) is 32.3 Å². The van der Waals surface area contributed by atoms with Crippen LogP contribution >= 0.6 is 0 Å². The number of hydrogen-bond acceptors (Lipinski definition) is 10. The molecule has 0 aliphatic heterocycles. The molecule has 0 fully saturated rings. The number of hydrogen-bond donors (Lipinski definition) is 2. The number of amides is 2. The molecule has 4 aromatic carbocycles. The van der Waals surface area contributed by atoms with Crippen molar-refractivity contribution in [2.24, 2.45) is 9.98 Å². The van der Waals surface area contributed by atoms with Crippen molar-refractivity contribution in [2.45, 2.75) is 51.9 Å². The van der Waals surface area contributed by atoms with Gasteiger partial charge in [-0.2, -0.15) is 9.98 Å². The van der Waals surface area contributed by atoms with Gasteiger partial charge >= 0.3 is 12.2 Å². The van der Waals surface area contributed by atoms with E-state index in [0.29, 0.717) is 35.6 Å². The third kappa shape index (κ3) is 13.9. The maximum Gasteiger partial charge on any atom is 0.411 e. The summed E-state index contributed by atoms with van der Waals surface area (Å²) in [6.07, 6.45) is 1.94. The van der Waals surface area contributed by atoms with Gasteiger partial charge in [0.15, 0.2) is 0 Å². The van der Waals surface area contributed by atoms with Crippen LogP contribution in [-0.2, 0) is 41.4 Å². The Balaban J connectivity index is 1.07. The Morgan fingerprint density at radius 1 is 0.549 bits per heavy atom. The summed E-state index contributed by atoms with van der Waals surface area (Å²) in [4.78, 5) is 52.7. The molecule has 0 bridgehead atoms. The molecule has 0 aromatic heterocycles. The number of aliphatic imine (C=N–C) groups is 2. The van der Waals surface area contributed by atoms with Crippen molar-refractivity contribution in [3.8, 4) is 0 Å². The van der Waals surface area contributed by atoms with Crippen molar-refractivity contribution >= 4 is 47.1 Å². The normalized spacial score (nSPS) is 12.3. The summed E-state index contributed by atoms with van der Waals surface area (Å²) < 4.78 is 22.2. The van der Waals surface area contributed by atoms with E-state index >= 15 is 0 Å². The zero-order valence-corrected chi connectivity index (χ0v) is 28.7. The van der Waals surface area contributed by atoms with Gasteiger partial charge in [-0.1, -0.05) is 48.5 Å². The number of anilines is 2. The van der Waals surface area contributed by atoms with Crippen LogP contribution in [-0.4, -0.2) is 62.5 Å². The molecule has 0 saturated heterocycles. The lowest BCUT2D eigenvalue weighted by atomic mass is 10.0. The summed E-state index contributed by atoms with van der Waals surface area (Å²) in [5.41, 5.74) is 6.52. The quantitative estimate of drug-likeness (QED) is 0.0840. The molecule has 0 saturated carbocycles. The predicted molar refractivity (Wildman–Crippen MR) is 192 cm³/mol. The van der Waals surface area contributed by atoms with E-state index in [1.165, 1.54) is 12.2 Å². The predicted octanol–water partition coefficient (Wildman–Crippen LogP) is 7.80. The van der Waals surface area contributed by atoms with Crippen LogP contribution in [0, 0.1) is 0 Å². The number of nitrogens with one attached hydrogen (secondary N) is 2. The molecule has 12 heteroatoms. The zero-order chi connectivity index (χ0) is 36.4. The van der Waals surface area contributed by atoms with Crippen molar-refractivity contribution < 1.29 is 38.1 Å². The zero-order valence-electron chi connectivity index (χ0n) is 28.7. The van der Waals surface area contributed by atoms with Crippen LogP contribution in [0.2, 0.25) is 0 Å². The lowest BCUT2D eigenvalue weighted by molar-refractivity contribution is -0.0512. The SMILES string of the molecule is CC(COCC(C)OC(=O)Nc1ccc(Cc2ccc(N=C=O)cc2)cc1)OCC(C)OC(=O)Nc1ccc(Cc2ccc(N=C=O)cc2)cc1. The fourth-order valence-electron chi connectivity index (χ4n) is 4.84. The van der Waals surface area contributed by atoms with E-state index in [0.717, 1.165) is 22.3 Å². The highest BCUT2D eigenvalue weighted by atomic mass is 16.6. The number of nitrogens with zero attached hydrogens (tertiary/aromatic N) is 2. The van der Waals surface area contributed by atoms with Gasteiger partial charge in [0, 0.05) is 11.4 Å². The van der Waals surface area contributed by atoms with Crippen LogP contribution in [0.25, 0.3) is 0 Å². The fraction of sp³-hybridized carbons (Fsp3) is 0.282. The van der Waals surface area contributed by atoms with E-state index in [-0.39, 0.29) is 25.9 Å². The number of isocyanates is 2. The van der Waals surface area contributed by atoms with E-state index in [1.54, 1.807) is 62.4 Å². The molecule has 0 radical (unpaired) electrons. The van der Waals surface area contributed by atoms with Crippen molar-refractivity contribution in [1.29, 1.82) is 0 Å². The first-order valence-electron chi connectivity index (χ1n) is 16.3. The Bertz CT molecular complexity index is 1800. The minimum absolute atomic E-state index is 0.170. The molecule has 4 aromatic rings. The largest absolute Gasteiger partial charge is 0.444 e. The second-order valence-electron chi connectivity index (χ2n) is 11.8. The third-order valence-corrected chi connectivity index (χ3v) is 7.38. The molecule has 51 heavy (non-hydrogen) atoms. The van der Waals surface area contributed by atoms with Crippen molar-refractivity contribution in [3.05, 3.63) is 119 Å². The molecule has 2 amide bonds. The van der Waals surface area contributed by atoms with Gasteiger partial charge in [0.05, 0.1) is 37.3 Å². The van der Waals surface area contributed by atoms with Crippen molar-refractivity contribution in [3.63, 3.8) is 0 Å². The van der Waals surface area contributed by atoms with Gasteiger partial charge in [0.2, 0.25) is 12.2 Å². The summed E-state index contributed by atoms with van der Waals surface area (Å²) in [5.74, 6) is 0. The van der Waals surface area contributed by atoms with Gasteiger partial charge in [0.25, 0.3) is 0 Å². The average Bonchev–Trinajstić information content (AvgIpc) is 3.11. The molecule has 12 nitrogen and oxygen atoms in total. The molecule has 0 aliphatic rings. The Hall–Kier alpha value is -5.90. The Morgan fingerprint density at radius 2 is 0.902 bits per heavy atom. The molecular weight excluding hydrogens is 652 g/mol. The molecule has 4 rings (SSSR count). The monoisotopic (exact) mass is 692 g/mol. The van der Waals surface area contributed by atoms with Crippen LogP contribution in [0.3, 0.4) is 0 Å². The second-order valence-corrected chi connectivity index (χ2v) is 11.8. The first-order chi connectivity index (χ1) is 24.7. The number of benzene rings is 4. The summed E-state index contributed by atoms with van der Waals surface area (Å²) in [7, 11) is 0. The third-order valence-electron chi connectivity index (χ3n) is 7.38. The van der Waals surface area contributed by atoms with Crippen LogP contribution < -0.4 is 10.6 Å². The van der Waals surface area contributed by atoms with Gasteiger partial charge in [0.1, 0.15) is 12.2 Å². The van der Waals surface area contributed by atoms with Gasteiger partial charge in [-0.15, -0.1) is 0 Å². The first kappa shape index (κ1) is 37.9. The van der Waals surface area contributed by atoms with Crippen molar-refractivity contribution in [1.82, 2.24) is 0 Å². The molecule has 2 N–H and O–H groups in total. The maximum atomic E-state index is 12.4. The second kappa shape index (κ2) is 19.9.